The minimum Gasteiger partial charge on any atom is -0.468 e. The maximum atomic E-state index is 9.81. The third-order valence-electron chi connectivity index (χ3n) is 2.99. The van der Waals surface area contributed by atoms with E-state index in [0.717, 1.165) is 30.6 Å². The van der Waals surface area contributed by atoms with E-state index < -0.39 is 5.60 Å². The van der Waals surface area contributed by atoms with Crippen LogP contribution in [0.5, 0.6) is 0 Å². The van der Waals surface area contributed by atoms with Crippen LogP contribution in [0.15, 0.2) is 16.7 Å². The summed E-state index contributed by atoms with van der Waals surface area (Å²) in [4.78, 5) is 0. The lowest BCUT2D eigenvalue weighted by atomic mass is 9.80. The molecule has 0 atom stereocenters. The Morgan fingerprint density at radius 1 is 1.57 bits per heavy atom. The van der Waals surface area contributed by atoms with E-state index in [1.54, 1.807) is 6.26 Å². The van der Waals surface area contributed by atoms with E-state index in [9.17, 15) is 5.11 Å². The molecule has 3 heteroatoms. The van der Waals surface area contributed by atoms with Gasteiger partial charge in [-0.3, -0.25) is 0 Å². The predicted molar refractivity (Wildman–Crippen MR) is 54.0 cm³/mol. The first-order valence-electron chi connectivity index (χ1n) is 5.16. The lowest BCUT2D eigenvalue weighted by Crippen LogP contribution is -2.45. The molecular formula is C11H17NO2. The van der Waals surface area contributed by atoms with Gasteiger partial charge in [0.15, 0.2) is 0 Å². The van der Waals surface area contributed by atoms with E-state index in [1.165, 1.54) is 0 Å². The van der Waals surface area contributed by atoms with Crippen LogP contribution >= 0.6 is 0 Å². The van der Waals surface area contributed by atoms with E-state index in [1.807, 2.05) is 13.0 Å². The zero-order valence-electron chi connectivity index (χ0n) is 8.55. The van der Waals surface area contributed by atoms with Crippen molar-refractivity contribution >= 4 is 0 Å². The summed E-state index contributed by atoms with van der Waals surface area (Å²) >= 11 is 0. The molecule has 1 heterocycles. The van der Waals surface area contributed by atoms with E-state index >= 15 is 0 Å². The Labute approximate surface area is 84.1 Å². The van der Waals surface area contributed by atoms with Crippen LogP contribution in [-0.4, -0.2) is 17.3 Å². The molecule has 1 aromatic rings. The molecule has 78 valence electrons. The van der Waals surface area contributed by atoms with Crippen molar-refractivity contribution in [3.63, 3.8) is 0 Å². The number of furan rings is 1. The normalized spacial score (nSPS) is 19.3. The fourth-order valence-corrected chi connectivity index (χ4v) is 1.76. The molecule has 1 fully saturated rings. The summed E-state index contributed by atoms with van der Waals surface area (Å²) in [5, 5.41) is 13.0. The first kappa shape index (κ1) is 9.74. The number of aliphatic hydroxyl groups is 1. The minimum absolute atomic E-state index is 0.444. The lowest BCUT2D eigenvalue weighted by molar-refractivity contribution is -0.0317. The number of rotatable bonds is 4. The Hall–Kier alpha value is -0.800. The van der Waals surface area contributed by atoms with Gasteiger partial charge in [0, 0.05) is 6.54 Å². The van der Waals surface area contributed by atoms with E-state index in [-0.39, 0.29) is 0 Å². The van der Waals surface area contributed by atoms with Crippen molar-refractivity contribution in [1.29, 1.82) is 0 Å². The third-order valence-corrected chi connectivity index (χ3v) is 2.99. The van der Waals surface area contributed by atoms with E-state index in [4.69, 9.17) is 4.42 Å². The van der Waals surface area contributed by atoms with Gasteiger partial charge in [-0.05, 0) is 37.8 Å². The number of nitrogens with one attached hydrogen (secondary N) is 1. The number of hydrogen-bond acceptors (Lipinski definition) is 3. The molecule has 2 N–H and O–H groups in total. The molecule has 0 amide bonds. The Balaban J connectivity index is 1.75. The predicted octanol–water partition coefficient (Wildman–Crippen LogP) is 1.59. The molecule has 0 aliphatic heterocycles. The number of hydrogen-bond donors (Lipinski definition) is 2. The molecule has 2 rings (SSSR count). The average molecular weight is 195 g/mol. The van der Waals surface area contributed by atoms with Crippen LogP contribution in [0.4, 0.5) is 0 Å². The fourth-order valence-electron chi connectivity index (χ4n) is 1.76. The smallest absolute Gasteiger partial charge is 0.120 e. The van der Waals surface area contributed by atoms with Crippen LogP contribution in [0, 0.1) is 6.92 Å². The van der Waals surface area contributed by atoms with Crippen LogP contribution in [0.3, 0.4) is 0 Å². The zero-order valence-corrected chi connectivity index (χ0v) is 8.55. The van der Waals surface area contributed by atoms with Crippen LogP contribution in [0.1, 0.15) is 30.6 Å². The highest BCUT2D eigenvalue weighted by Crippen LogP contribution is 2.30. The van der Waals surface area contributed by atoms with Gasteiger partial charge in [-0.25, -0.2) is 0 Å². The topological polar surface area (TPSA) is 45.4 Å². The van der Waals surface area contributed by atoms with Crippen LogP contribution < -0.4 is 5.32 Å². The fraction of sp³-hybridized carbons (Fsp3) is 0.636. The first-order chi connectivity index (χ1) is 6.70. The van der Waals surface area contributed by atoms with Crippen LogP contribution in [0.25, 0.3) is 0 Å². The summed E-state index contributed by atoms with van der Waals surface area (Å²) in [5.41, 5.74) is 0.721. The molecule has 1 aliphatic carbocycles. The second kappa shape index (κ2) is 3.75. The third kappa shape index (κ3) is 1.99. The maximum absolute atomic E-state index is 9.81. The zero-order chi connectivity index (χ0) is 10.0. The Bertz CT molecular complexity index is 302. The molecule has 1 saturated carbocycles. The summed E-state index contributed by atoms with van der Waals surface area (Å²) in [6, 6.07) is 1.95. The first-order valence-corrected chi connectivity index (χ1v) is 5.16. The minimum atomic E-state index is -0.444. The molecular weight excluding hydrogens is 178 g/mol. The van der Waals surface area contributed by atoms with Gasteiger partial charge < -0.3 is 14.8 Å². The van der Waals surface area contributed by atoms with Gasteiger partial charge in [0.05, 0.1) is 18.4 Å². The van der Waals surface area contributed by atoms with Gasteiger partial charge in [-0.1, -0.05) is 0 Å². The summed E-state index contributed by atoms with van der Waals surface area (Å²) < 4.78 is 5.29. The summed E-state index contributed by atoms with van der Waals surface area (Å²) in [6.45, 7) is 3.41. The van der Waals surface area contributed by atoms with Gasteiger partial charge in [0.2, 0.25) is 0 Å². The summed E-state index contributed by atoms with van der Waals surface area (Å²) in [5.74, 6) is 0.966. The Kier molecular flexibility index (Phi) is 2.61. The summed E-state index contributed by atoms with van der Waals surface area (Å²) in [7, 11) is 0. The second-order valence-electron chi connectivity index (χ2n) is 4.21. The van der Waals surface area contributed by atoms with Gasteiger partial charge in [0.1, 0.15) is 5.76 Å². The average Bonchev–Trinajstić information content (AvgIpc) is 2.49. The Morgan fingerprint density at radius 2 is 2.36 bits per heavy atom. The van der Waals surface area contributed by atoms with Crippen molar-refractivity contribution in [1.82, 2.24) is 5.32 Å². The maximum Gasteiger partial charge on any atom is 0.120 e. The molecule has 0 radical (unpaired) electrons. The van der Waals surface area contributed by atoms with Crippen molar-refractivity contribution in [3.05, 3.63) is 23.7 Å². The molecule has 0 bridgehead atoms. The summed E-state index contributed by atoms with van der Waals surface area (Å²) in [6.07, 6.45) is 4.71. The van der Waals surface area contributed by atoms with Crippen molar-refractivity contribution in [2.75, 3.05) is 6.54 Å². The molecule has 1 aromatic heterocycles. The Morgan fingerprint density at radius 3 is 2.86 bits per heavy atom. The standard InChI is InChI=1S/C11H17NO2/c1-9-3-6-14-10(9)7-12-8-11(13)4-2-5-11/h3,6,12-13H,2,4-5,7-8H2,1H3. The van der Waals surface area contributed by atoms with Gasteiger partial charge in [0.25, 0.3) is 0 Å². The number of aryl methyl sites for hydroxylation is 1. The highest BCUT2D eigenvalue weighted by atomic mass is 16.3. The van der Waals surface area contributed by atoms with E-state index in [2.05, 4.69) is 5.32 Å². The van der Waals surface area contributed by atoms with Crippen molar-refractivity contribution < 1.29 is 9.52 Å². The van der Waals surface area contributed by atoms with Crippen molar-refractivity contribution in [3.8, 4) is 0 Å². The van der Waals surface area contributed by atoms with E-state index in [0.29, 0.717) is 13.1 Å². The van der Waals surface area contributed by atoms with Crippen molar-refractivity contribution in [2.45, 2.75) is 38.3 Å². The molecule has 0 spiro atoms. The van der Waals surface area contributed by atoms with Crippen LogP contribution in [0.2, 0.25) is 0 Å². The monoisotopic (exact) mass is 195 g/mol. The van der Waals surface area contributed by atoms with Gasteiger partial charge in [-0.15, -0.1) is 0 Å². The largest absolute Gasteiger partial charge is 0.468 e. The van der Waals surface area contributed by atoms with Crippen molar-refractivity contribution in [2.24, 2.45) is 0 Å². The molecule has 1 aliphatic rings. The molecule has 0 unspecified atom stereocenters. The SMILES string of the molecule is Cc1ccoc1CNCC1(O)CCC1. The molecule has 3 nitrogen and oxygen atoms in total. The quantitative estimate of drug-likeness (QED) is 0.767. The lowest BCUT2D eigenvalue weighted by Gasteiger charge is -2.36. The van der Waals surface area contributed by atoms with Gasteiger partial charge >= 0.3 is 0 Å². The van der Waals surface area contributed by atoms with Gasteiger partial charge in [-0.2, -0.15) is 0 Å². The highest BCUT2D eigenvalue weighted by Gasteiger charge is 2.33. The molecule has 0 saturated heterocycles. The highest BCUT2D eigenvalue weighted by molar-refractivity contribution is 5.14. The van der Waals surface area contributed by atoms with Crippen LogP contribution in [-0.2, 0) is 6.54 Å². The molecule has 0 aromatic carbocycles. The molecule has 14 heavy (non-hydrogen) atoms. The second-order valence-corrected chi connectivity index (χ2v) is 4.21.